The fraction of sp³-hybridized carbons (Fsp3) is 0.882. The number of halogens is 1. The minimum atomic E-state index is 0. The zero-order valence-electron chi connectivity index (χ0n) is 15.9. The van der Waals surface area contributed by atoms with Crippen molar-refractivity contribution in [1.82, 2.24) is 15.5 Å². The smallest absolute Gasteiger partial charge is 0.243 e. The normalized spacial score (nSPS) is 15.8. The molecule has 1 aliphatic carbocycles. The van der Waals surface area contributed by atoms with Gasteiger partial charge >= 0.3 is 0 Å². The number of aliphatic imine (C=N–C) groups is 1. The summed E-state index contributed by atoms with van der Waals surface area (Å²) in [6, 6.07) is 0.470. The van der Waals surface area contributed by atoms with Crippen LogP contribution in [0.3, 0.4) is 0 Å². The number of guanidine groups is 1. The van der Waals surface area contributed by atoms with Crippen LogP contribution in [0, 0.1) is 5.41 Å². The van der Waals surface area contributed by atoms with Crippen LogP contribution in [0.4, 0.5) is 0 Å². The maximum Gasteiger partial charge on any atom is 0.243 e. The van der Waals surface area contributed by atoms with Gasteiger partial charge in [0.25, 0.3) is 0 Å². The zero-order chi connectivity index (χ0) is 17.3. The monoisotopic (exact) mass is 454 g/mol. The number of nitrogens with zero attached hydrogens (tertiary/aromatic N) is 2. The summed E-state index contributed by atoms with van der Waals surface area (Å²) in [5.74, 6) is 0.758. The standard InChI is InChI=1S/C17H34N4O2.HI/c1-17(2,10-11-23-5)13-19-16(18-12-15(22)21(3)4)20-14-8-6-7-9-14;/h14H,6-13H2,1-5H3,(H2,18,19,20);1H. The Labute approximate surface area is 164 Å². The highest BCUT2D eigenvalue weighted by Gasteiger charge is 2.20. The summed E-state index contributed by atoms with van der Waals surface area (Å²) >= 11 is 0. The minimum Gasteiger partial charge on any atom is -0.385 e. The Bertz CT molecular complexity index is 394. The average molecular weight is 454 g/mol. The first kappa shape index (κ1) is 23.4. The molecule has 0 aromatic carbocycles. The molecule has 0 radical (unpaired) electrons. The zero-order valence-corrected chi connectivity index (χ0v) is 18.2. The van der Waals surface area contributed by atoms with E-state index in [1.165, 1.54) is 25.7 Å². The van der Waals surface area contributed by atoms with Gasteiger partial charge in [-0.15, -0.1) is 24.0 Å². The van der Waals surface area contributed by atoms with Crippen molar-refractivity contribution in [2.24, 2.45) is 10.4 Å². The molecule has 0 aromatic heterocycles. The fourth-order valence-corrected chi connectivity index (χ4v) is 2.49. The highest BCUT2D eigenvalue weighted by molar-refractivity contribution is 14.0. The van der Waals surface area contributed by atoms with Crippen molar-refractivity contribution in [2.75, 3.05) is 40.9 Å². The van der Waals surface area contributed by atoms with E-state index in [2.05, 4.69) is 29.5 Å². The van der Waals surface area contributed by atoms with Crippen LogP contribution in [0.15, 0.2) is 4.99 Å². The van der Waals surface area contributed by atoms with E-state index in [0.29, 0.717) is 6.04 Å². The number of ether oxygens (including phenoxy) is 1. The van der Waals surface area contributed by atoms with Crippen molar-refractivity contribution in [3.8, 4) is 0 Å². The second kappa shape index (κ2) is 11.9. The molecular weight excluding hydrogens is 419 g/mol. The Balaban J connectivity index is 0.00000529. The first-order valence-corrected chi connectivity index (χ1v) is 8.58. The topological polar surface area (TPSA) is 66.0 Å². The third-order valence-corrected chi connectivity index (χ3v) is 4.28. The van der Waals surface area contributed by atoms with Crippen LogP contribution in [0.2, 0.25) is 0 Å². The molecule has 0 spiro atoms. The number of amides is 1. The molecule has 24 heavy (non-hydrogen) atoms. The molecule has 1 aliphatic rings. The van der Waals surface area contributed by atoms with Gasteiger partial charge in [-0.05, 0) is 24.7 Å². The SMILES string of the molecule is COCCC(C)(C)CNC(=NCC(=O)N(C)C)NC1CCCC1.I. The highest BCUT2D eigenvalue weighted by Crippen LogP contribution is 2.19. The van der Waals surface area contributed by atoms with Crippen LogP contribution in [0.1, 0.15) is 46.0 Å². The Hall–Kier alpha value is -0.570. The van der Waals surface area contributed by atoms with E-state index in [4.69, 9.17) is 4.74 Å². The molecule has 0 aliphatic heterocycles. The summed E-state index contributed by atoms with van der Waals surface area (Å²) in [6.07, 6.45) is 5.86. The van der Waals surface area contributed by atoms with Gasteiger partial charge in [0.1, 0.15) is 6.54 Å². The molecule has 1 saturated carbocycles. The number of hydrogen-bond donors (Lipinski definition) is 2. The molecule has 0 saturated heterocycles. The van der Waals surface area contributed by atoms with Crippen LogP contribution >= 0.6 is 24.0 Å². The lowest BCUT2D eigenvalue weighted by Gasteiger charge is -2.27. The fourth-order valence-electron chi connectivity index (χ4n) is 2.49. The molecule has 2 N–H and O–H groups in total. The van der Waals surface area contributed by atoms with E-state index in [1.807, 2.05) is 0 Å². The van der Waals surface area contributed by atoms with Crippen LogP contribution in [0.25, 0.3) is 0 Å². The van der Waals surface area contributed by atoms with E-state index < -0.39 is 0 Å². The molecule has 0 bridgehead atoms. The molecule has 1 rings (SSSR count). The minimum absolute atomic E-state index is 0. The third-order valence-electron chi connectivity index (χ3n) is 4.28. The van der Waals surface area contributed by atoms with Crippen molar-refractivity contribution in [3.05, 3.63) is 0 Å². The molecule has 7 heteroatoms. The first-order chi connectivity index (χ1) is 10.8. The highest BCUT2D eigenvalue weighted by atomic mass is 127. The van der Waals surface area contributed by atoms with Gasteiger partial charge in [0, 0.05) is 40.4 Å². The lowest BCUT2D eigenvalue weighted by atomic mass is 9.90. The number of carbonyl (C=O) groups excluding carboxylic acids is 1. The summed E-state index contributed by atoms with van der Waals surface area (Å²) in [4.78, 5) is 17.8. The Morgan fingerprint density at radius 2 is 1.92 bits per heavy atom. The lowest BCUT2D eigenvalue weighted by molar-refractivity contribution is -0.127. The number of hydrogen-bond acceptors (Lipinski definition) is 3. The number of nitrogens with one attached hydrogen (secondary N) is 2. The van der Waals surface area contributed by atoms with E-state index in [0.717, 1.165) is 25.5 Å². The van der Waals surface area contributed by atoms with Gasteiger partial charge in [0.05, 0.1) is 0 Å². The number of methoxy groups -OCH3 is 1. The van der Waals surface area contributed by atoms with Gasteiger partial charge in [-0.3, -0.25) is 4.79 Å². The Kier molecular flexibility index (Phi) is 11.6. The Morgan fingerprint density at radius 3 is 2.46 bits per heavy atom. The summed E-state index contributed by atoms with van der Waals surface area (Å²) < 4.78 is 5.17. The average Bonchev–Trinajstić information content (AvgIpc) is 3.00. The molecule has 0 heterocycles. The largest absolute Gasteiger partial charge is 0.385 e. The summed E-state index contributed by atoms with van der Waals surface area (Å²) in [5.41, 5.74) is 0.111. The summed E-state index contributed by atoms with van der Waals surface area (Å²) in [5, 5.41) is 6.88. The van der Waals surface area contributed by atoms with Crippen molar-refractivity contribution in [2.45, 2.75) is 52.0 Å². The van der Waals surface area contributed by atoms with E-state index in [1.54, 1.807) is 26.1 Å². The van der Waals surface area contributed by atoms with Gasteiger partial charge < -0.3 is 20.3 Å². The van der Waals surface area contributed by atoms with E-state index in [-0.39, 0.29) is 41.8 Å². The molecule has 142 valence electrons. The molecule has 0 aromatic rings. The van der Waals surface area contributed by atoms with Gasteiger partial charge in [-0.25, -0.2) is 4.99 Å². The molecule has 6 nitrogen and oxygen atoms in total. The van der Waals surface area contributed by atoms with Crippen LogP contribution in [0.5, 0.6) is 0 Å². The molecule has 0 atom stereocenters. The number of likely N-dealkylation sites (N-methyl/N-ethyl adjacent to an activating group) is 1. The summed E-state index contributed by atoms with van der Waals surface area (Å²) in [6.45, 7) is 6.13. The molecular formula is C17H35IN4O2. The maximum absolute atomic E-state index is 11.8. The number of carbonyl (C=O) groups is 1. The molecule has 0 unspecified atom stereocenters. The quantitative estimate of drug-likeness (QED) is 0.336. The van der Waals surface area contributed by atoms with Crippen LogP contribution < -0.4 is 10.6 Å². The molecule has 1 amide bonds. The second-order valence-corrected chi connectivity index (χ2v) is 7.34. The van der Waals surface area contributed by atoms with E-state index >= 15 is 0 Å². The van der Waals surface area contributed by atoms with Crippen molar-refractivity contribution >= 4 is 35.8 Å². The number of rotatable bonds is 8. The lowest BCUT2D eigenvalue weighted by Crippen LogP contribution is -2.46. The third kappa shape index (κ3) is 9.66. The molecule has 1 fully saturated rings. The van der Waals surface area contributed by atoms with Crippen molar-refractivity contribution in [3.63, 3.8) is 0 Å². The van der Waals surface area contributed by atoms with Gasteiger partial charge in [0.15, 0.2) is 5.96 Å². The van der Waals surface area contributed by atoms with Gasteiger partial charge in [-0.1, -0.05) is 26.7 Å². The van der Waals surface area contributed by atoms with Crippen molar-refractivity contribution < 1.29 is 9.53 Å². The van der Waals surface area contributed by atoms with Crippen LogP contribution in [-0.4, -0.2) is 63.7 Å². The first-order valence-electron chi connectivity index (χ1n) is 8.58. The van der Waals surface area contributed by atoms with Gasteiger partial charge in [0.2, 0.25) is 5.91 Å². The van der Waals surface area contributed by atoms with Gasteiger partial charge in [-0.2, -0.15) is 0 Å². The summed E-state index contributed by atoms with van der Waals surface area (Å²) in [7, 11) is 5.23. The van der Waals surface area contributed by atoms with Crippen molar-refractivity contribution in [1.29, 1.82) is 0 Å². The van der Waals surface area contributed by atoms with E-state index in [9.17, 15) is 4.79 Å². The predicted octanol–water partition coefficient (Wildman–Crippen LogP) is 2.23. The predicted molar refractivity (Wildman–Crippen MR) is 110 cm³/mol. The second-order valence-electron chi connectivity index (χ2n) is 7.34. The Morgan fingerprint density at radius 1 is 1.29 bits per heavy atom. The maximum atomic E-state index is 11.8. The van der Waals surface area contributed by atoms with Crippen LogP contribution in [-0.2, 0) is 9.53 Å².